The van der Waals surface area contributed by atoms with E-state index >= 15 is 0 Å². The molecule has 0 fully saturated rings. The average Bonchev–Trinajstić information content (AvgIpc) is 2.76. The highest BCUT2D eigenvalue weighted by molar-refractivity contribution is 5.75. The van der Waals surface area contributed by atoms with Crippen LogP contribution >= 0.6 is 0 Å². The molecule has 0 saturated heterocycles. The lowest BCUT2D eigenvalue weighted by Crippen LogP contribution is -2.33. The molecule has 0 aliphatic rings. The molecule has 4 nitrogen and oxygen atoms in total. The minimum atomic E-state index is -0.152. The van der Waals surface area contributed by atoms with E-state index in [0.717, 1.165) is 11.0 Å². The molecule has 0 aliphatic carbocycles. The standard InChI is InChI=1S/C15H23N3O/c1-5-9(2)10(3)16-11(4)12-6-7-13-14(8-12)18-15(19)17-13/h6-11,16H,5H2,1-4H3,(H2,17,18,19). The van der Waals surface area contributed by atoms with Crippen LogP contribution in [-0.2, 0) is 0 Å². The van der Waals surface area contributed by atoms with Gasteiger partial charge in [0, 0.05) is 12.1 Å². The molecule has 104 valence electrons. The summed E-state index contributed by atoms with van der Waals surface area (Å²) >= 11 is 0. The van der Waals surface area contributed by atoms with Crippen LogP contribution in [0.15, 0.2) is 23.0 Å². The van der Waals surface area contributed by atoms with Crippen LogP contribution in [0.4, 0.5) is 0 Å². The molecule has 4 heteroatoms. The summed E-state index contributed by atoms with van der Waals surface area (Å²) < 4.78 is 0. The van der Waals surface area contributed by atoms with Gasteiger partial charge >= 0.3 is 5.69 Å². The van der Waals surface area contributed by atoms with Gasteiger partial charge in [-0.3, -0.25) is 0 Å². The molecule has 3 unspecified atom stereocenters. The van der Waals surface area contributed by atoms with Gasteiger partial charge in [0.15, 0.2) is 0 Å². The largest absolute Gasteiger partial charge is 0.323 e. The number of benzene rings is 1. The number of H-pyrrole nitrogens is 2. The van der Waals surface area contributed by atoms with Gasteiger partial charge in [-0.1, -0.05) is 26.3 Å². The number of aromatic amines is 2. The minimum absolute atomic E-state index is 0.152. The first-order valence-electron chi connectivity index (χ1n) is 6.99. The van der Waals surface area contributed by atoms with Gasteiger partial charge in [0.05, 0.1) is 11.0 Å². The number of fused-ring (bicyclic) bond motifs is 1. The van der Waals surface area contributed by atoms with Gasteiger partial charge in [-0.05, 0) is 37.5 Å². The Hall–Kier alpha value is -1.55. The Morgan fingerprint density at radius 2 is 1.84 bits per heavy atom. The SMILES string of the molecule is CCC(C)C(C)NC(C)c1ccc2[nH]c(=O)[nH]c2c1. The molecule has 0 radical (unpaired) electrons. The van der Waals surface area contributed by atoms with Gasteiger partial charge in [-0.15, -0.1) is 0 Å². The van der Waals surface area contributed by atoms with E-state index in [0.29, 0.717) is 12.0 Å². The highest BCUT2D eigenvalue weighted by Gasteiger charge is 2.14. The summed E-state index contributed by atoms with van der Waals surface area (Å²) in [4.78, 5) is 16.8. The fourth-order valence-electron chi connectivity index (χ4n) is 2.33. The monoisotopic (exact) mass is 261 g/mol. The molecular formula is C15H23N3O. The molecule has 2 aromatic rings. The van der Waals surface area contributed by atoms with Crippen molar-refractivity contribution in [3.8, 4) is 0 Å². The molecule has 1 heterocycles. The molecule has 0 spiro atoms. The van der Waals surface area contributed by atoms with Crippen LogP contribution in [0.1, 0.15) is 45.7 Å². The maximum atomic E-state index is 11.2. The van der Waals surface area contributed by atoms with Gasteiger partial charge in [-0.25, -0.2) is 4.79 Å². The maximum Gasteiger partial charge on any atom is 0.323 e. The number of imidazole rings is 1. The molecule has 0 amide bonds. The predicted molar refractivity (Wildman–Crippen MR) is 79.4 cm³/mol. The first-order valence-corrected chi connectivity index (χ1v) is 6.99. The maximum absolute atomic E-state index is 11.2. The lowest BCUT2D eigenvalue weighted by Gasteiger charge is -2.24. The molecule has 0 aliphatic heterocycles. The Morgan fingerprint density at radius 1 is 1.16 bits per heavy atom. The van der Waals surface area contributed by atoms with Crippen LogP contribution in [0.2, 0.25) is 0 Å². The van der Waals surface area contributed by atoms with E-state index in [9.17, 15) is 4.79 Å². The third-order valence-corrected chi connectivity index (χ3v) is 4.05. The summed E-state index contributed by atoms with van der Waals surface area (Å²) in [6.07, 6.45) is 1.17. The summed E-state index contributed by atoms with van der Waals surface area (Å²) in [5.74, 6) is 0.651. The van der Waals surface area contributed by atoms with Crippen molar-refractivity contribution in [1.29, 1.82) is 0 Å². The molecule has 2 rings (SSSR count). The third kappa shape index (κ3) is 3.07. The summed E-state index contributed by atoms with van der Waals surface area (Å²) in [5, 5.41) is 3.62. The smallest absolute Gasteiger partial charge is 0.307 e. The van der Waals surface area contributed by atoms with Crippen molar-refractivity contribution >= 4 is 11.0 Å². The first-order chi connectivity index (χ1) is 9.01. The van der Waals surface area contributed by atoms with Gasteiger partial charge in [0.2, 0.25) is 0 Å². The van der Waals surface area contributed by atoms with Crippen LogP contribution in [0.3, 0.4) is 0 Å². The number of nitrogens with one attached hydrogen (secondary N) is 3. The Bertz CT molecular complexity index is 599. The molecular weight excluding hydrogens is 238 g/mol. The van der Waals surface area contributed by atoms with E-state index in [1.54, 1.807) is 0 Å². The molecule has 19 heavy (non-hydrogen) atoms. The number of hydrogen-bond acceptors (Lipinski definition) is 2. The van der Waals surface area contributed by atoms with Gasteiger partial charge in [-0.2, -0.15) is 0 Å². The van der Waals surface area contributed by atoms with Crippen molar-refractivity contribution in [3.05, 3.63) is 34.2 Å². The second kappa shape index (κ2) is 5.61. The fourth-order valence-corrected chi connectivity index (χ4v) is 2.33. The Morgan fingerprint density at radius 3 is 2.53 bits per heavy atom. The van der Waals surface area contributed by atoms with Crippen molar-refractivity contribution in [1.82, 2.24) is 15.3 Å². The summed E-state index contributed by atoms with van der Waals surface area (Å²) in [6, 6.07) is 6.79. The van der Waals surface area contributed by atoms with Crippen molar-refractivity contribution in [2.45, 2.75) is 46.2 Å². The zero-order chi connectivity index (χ0) is 14.0. The molecule has 1 aromatic heterocycles. The summed E-state index contributed by atoms with van der Waals surface area (Å²) in [5.41, 5.74) is 2.77. The van der Waals surface area contributed by atoms with Gasteiger partial charge in [0.1, 0.15) is 0 Å². The first kappa shape index (κ1) is 13.9. The zero-order valence-corrected chi connectivity index (χ0v) is 12.1. The van der Waals surface area contributed by atoms with Crippen LogP contribution in [0.5, 0.6) is 0 Å². The fraction of sp³-hybridized carbons (Fsp3) is 0.533. The second-order valence-corrected chi connectivity index (χ2v) is 5.45. The lowest BCUT2D eigenvalue weighted by molar-refractivity contribution is 0.360. The van der Waals surface area contributed by atoms with Crippen LogP contribution in [0.25, 0.3) is 11.0 Å². The van der Waals surface area contributed by atoms with Crippen LogP contribution in [0, 0.1) is 5.92 Å². The Kier molecular flexibility index (Phi) is 4.10. The van der Waals surface area contributed by atoms with Crippen molar-refractivity contribution in [2.24, 2.45) is 5.92 Å². The highest BCUT2D eigenvalue weighted by atomic mass is 16.1. The van der Waals surface area contributed by atoms with Crippen LogP contribution < -0.4 is 11.0 Å². The number of hydrogen-bond donors (Lipinski definition) is 3. The Labute approximate surface area is 113 Å². The molecule has 0 bridgehead atoms. The Balaban J connectivity index is 2.16. The second-order valence-electron chi connectivity index (χ2n) is 5.45. The van der Waals surface area contributed by atoms with E-state index in [1.165, 1.54) is 12.0 Å². The quantitative estimate of drug-likeness (QED) is 0.775. The number of aromatic nitrogens is 2. The molecule has 1 aromatic carbocycles. The summed E-state index contributed by atoms with van der Waals surface area (Å²) in [6.45, 7) is 8.85. The van der Waals surface area contributed by atoms with Crippen molar-refractivity contribution < 1.29 is 0 Å². The normalized spacial score (nSPS) is 16.4. The average molecular weight is 261 g/mol. The summed E-state index contributed by atoms with van der Waals surface area (Å²) in [7, 11) is 0. The van der Waals surface area contributed by atoms with Crippen molar-refractivity contribution in [2.75, 3.05) is 0 Å². The molecule has 0 saturated carbocycles. The van der Waals surface area contributed by atoms with Gasteiger partial charge < -0.3 is 15.3 Å². The van der Waals surface area contributed by atoms with Crippen LogP contribution in [-0.4, -0.2) is 16.0 Å². The highest BCUT2D eigenvalue weighted by Crippen LogP contribution is 2.19. The number of rotatable bonds is 5. The topological polar surface area (TPSA) is 60.7 Å². The zero-order valence-electron chi connectivity index (χ0n) is 12.1. The van der Waals surface area contributed by atoms with E-state index in [2.05, 4.69) is 49.0 Å². The minimum Gasteiger partial charge on any atom is -0.307 e. The third-order valence-electron chi connectivity index (χ3n) is 4.05. The van der Waals surface area contributed by atoms with E-state index in [1.807, 2.05) is 12.1 Å². The lowest BCUT2D eigenvalue weighted by atomic mass is 9.98. The van der Waals surface area contributed by atoms with Gasteiger partial charge in [0.25, 0.3) is 0 Å². The predicted octanol–water partition coefficient (Wildman–Crippen LogP) is 2.94. The molecule has 3 atom stereocenters. The van der Waals surface area contributed by atoms with Crippen molar-refractivity contribution in [3.63, 3.8) is 0 Å². The van der Waals surface area contributed by atoms with E-state index in [-0.39, 0.29) is 11.7 Å². The molecule has 3 N–H and O–H groups in total. The van der Waals surface area contributed by atoms with E-state index in [4.69, 9.17) is 0 Å². The van der Waals surface area contributed by atoms with E-state index < -0.39 is 0 Å².